The SMILES string of the molecule is [O-][Ti]([O-])([O-])[O-].[O-][Ti]([O-])([O-])[O-].[O-][Ti]([O-])([O-])[O-].[Tb+3].[Tb+3].[Tb+3].[Tb+3]. The van der Waals surface area contributed by atoms with Crippen LogP contribution < -0.4 is 44.3 Å². The third kappa shape index (κ3) is 279. The quantitative estimate of drug-likeness (QED) is 0.205. The van der Waals surface area contributed by atoms with Crippen LogP contribution in [0.3, 0.4) is 0 Å². The maximum Gasteiger partial charge on any atom is 3.00 e. The molecule has 120 valence electrons. The third-order valence-electron chi connectivity index (χ3n) is 0. The molecule has 0 N–H and O–H groups in total. The van der Waals surface area contributed by atoms with Gasteiger partial charge in [0.25, 0.3) is 0 Å². The summed E-state index contributed by atoms with van der Waals surface area (Å²) in [6, 6.07) is 0. The fourth-order valence-corrected chi connectivity index (χ4v) is 0. The largest absolute Gasteiger partial charge is 3.00 e. The summed E-state index contributed by atoms with van der Waals surface area (Å²) in [7, 11) is 0. The molecule has 0 saturated heterocycles. The van der Waals surface area contributed by atoms with Gasteiger partial charge in [0.2, 0.25) is 0 Å². The van der Waals surface area contributed by atoms with Crippen molar-refractivity contribution in [2.45, 2.75) is 0 Å². The summed E-state index contributed by atoms with van der Waals surface area (Å²) < 4.78 is 104. The fourth-order valence-electron chi connectivity index (χ4n) is 0. The van der Waals surface area contributed by atoms with E-state index < -0.39 is 54.4 Å². The molecule has 0 bridgehead atoms. The molecule has 0 fully saturated rings. The van der Waals surface area contributed by atoms with Crippen LogP contribution in [0.1, 0.15) is 0 Å². The number of hydrogen-bond donors (Lipinski definition) is 0. The Kier molecular flexibility index (Phi) is 54.0. The summed E-state index contributed by atoms with van der Waals surface area (Å²) >= 11 is -18.0. The molecule has 19 heavy (non-hydrogen) atoms. The molecule has 19 heteroatoms. The van der Waals surface area contributed by atoms with Gasteiger partial charge in [-0.1, -0.05) is 0 Å². The van der Waals surface area contributed by atoms with Crippen molar-refractivity contribution < 1.29 is 253 Å². The molecule has 0 aromatic heterocycles. The van der Waals surface area contributed by atoms with Crippen LogP contribution in [0.2, 0.25) is 0 Å². The normalized spacial score (nSPS) is 9.47. The van der Waals surface area contributed by atoms with E-state index in [1.165, 1.54) is 0 Å². The van der Waals surface area contributed by atoms with Crippen LogP contribution in [0.5, 0.6) is 0 Å². The van der Waals surface area contributed by atoms with Crippen molar-refractivity contribution in [3.63, 3.8) is 0 Å². The van der Waals surface area contributed by atoms with Crippen LogP contribution in [0, 0.1) is 154 Å². The maximum atomic E-state index is 8.62. The smallest absolute Gasteiger partial charge is 3.00 e. The fraction of sp³-hybridized carbons (Fsp3) is 0. The molecule has 0 amide bonds. The Bertz CT molecular complexity index is 100.0. The summed E-state index contributed by atoms with van der Waals surface area (Å²) in [5, 5.41) is 0. The van der Waals surface area contributed by atoms with E-state index in [9.17, 15) is 0 Å². The van der Waals surface area contributed by atoms with E-state index in [1.807, 2.05) is 0 Å². The van der Waals surface area contributed by atoms with Crippen LogP contribution in [-0.4, -0.2) is 0 Å². The summed E-state index contributed by atoms with van der Waals surface area (Å²) in [6.45, 7) is 0. The van der Waals surface area contributed by atoms with Crippen LogP contribution in [0.25, 0.3) is 0 Å². The van der Waals surface area contributed by atoms with Crippen molar-refractivity contribution in [1.29, 1.82) is 0 Å². The summed E-state index contributed by atoms with van der Waals surface area (Å²) in [4.78, 5) is 0. The summed E-state index contributed by atoms with van der Waals surface area (Å²) in [5.41, 5.74) is 0. The van der Waals surface area contributed by atoms with Gasteiger partial charge in [0.15, 0.2) is 0 Å². The molecule has 0 aliphatic rings. The van der Waals surface area contributed by atoms with Gasteiger partial charge in [-0.05, 0) is 0 Å². The minimum atomic E-state index is -6.00. The first-order valence-electron chi connectivity index (χ1n) is 2.45. The molecule has 0 aliphatic heterocycles. The molecule has 0 aliphatic carbocycles. The van der Waals surface area contributed by atoms with E-state index in [0.29, 0.717) is 0 Å². The third-order valence-corrected chi connectivity index (χ3v) is 0. The molecular formula is O12Tb4Ti3. The van der Waals surface area contributed by atoms with E-state index in [2.05, 4.69) is 0 Å². The van der Waals surface area contributed by atoms with E-state index in [0.717, 1.165) is 0 Å². The molecule has 0 heterocycles. The number of rotatable bonds is 0. The molecular weight excluding hydrogens is 971 g/mol. The topological polar surface area (TPSA) is 277 Å². The van der Waals surface area contributed by atoms with Crippen molar-refractivity contribution >= 4 is 0 Å². The first kappa shape index (κ1) is 44.9. The van der Waals surface area contributed by atoms with Crippen molar-refractivity contribution in [3.8, 4) is 0 Å². The molecule has 12 nitrogen and oxygen atoms in total. The van der Waals surface area contributed by atoms with E-state index >= 15 is 0 Å². The first-order chi connectivity index (χ1) is 6.00. The number of hydrogen-bond acceptors (Lipinski definition) is 12. The average molecular weight is 971 g/mol. The summed E-state index contributed by atoms with van der Waals surface area (Å²) in [6.07, 6.45) is 0. The van der Waals surface area contributed by atoms with Crippen LogP contribution in [0.4, 0.5) is 0 Å². The van der Waals surface area contributed by atoms with E-state index in [4.69, 9.17) is 44.3 Å². The van der Waals surface area contributed by atoms with Gasteiger partial charge in [-0.25, -0.2) is 0 Å². The second kappa shape index (κ2) is 22.8. The summed E-state index contributed by atoms with van der Waals surface area (Å²) in [5.74, 6) is 0. The van der Waals surface area contributed by atoms with Crippen molar-refractivity contribution in [2.75, 3.05) is 0 Å². The van der Waals surface area contributed by atoms with Crippen molar-refractivity contribution in [1.82, 2.24) is 0 Å². The van der Waals surface area contributed by atoms with Gasteiger partial charge in [-0.15, -0.1) is 0 Å². The molecule has 0 atom stereocenters. The average Bonchev–Trinajstić information content (AvgIpc) is 1.41. The second-order valence-electron chi connectivity index (χ2n) is 1.50. The minimum Gasteiger partial charge on any atom is 3.00 e. The Balaban J connectivity index is -0.0000000206. The molecule has 0 rings (SSSR count). The van der Waals surface area contributed by atoms with Crippen LogP contribution >= 0.6 is 0 Å². The Morgan fingerprint density at radius 1 is 0.263 bits per heavy atom. The molecule has 0 radical (unpaired) electrons. The monoisotopic (exact) mass is 971 g/mol. The van der Waals surface area contributed by atoms with Crippen LogP contribution in [0.15, 0.2) is 0 Å². The van der Waals surface area contributed by atoms with Gasteiger partial charge in [0.1, 0.15) is 0 Å². The Morgan fingerprint density at radius 3 is 0.263 bits per heavy atom. The van der Waals surface area contributed by atoms with Gasteiger partial charge < -0.3 is 0 Å². The Hall–Kier alpha value is 6.81. The zero-order chi connectivity index (χ0) is 13.5. The minimum absolute atomic E-state index is 0. The van der Waals surface area contributed by atoms with Gasteiger partial charge >= 0.3 is 253 Å². The molecule has 0 saturated carbocycles. The first-order valence-corrected chi connectivity index (χ1v) is 10.1. The van der Waals surface area contributed by atoms with Gasteiger partial charge in [0.05, 0.1) is 0 Å². The second-order valence-corrected chi connectivity index (χ2v) is 6.18. The molecule has 0 aromatic rings. The standard InChI is InChI=1S/12O.4Tb.3Ti/q12*-1;4*+3;;;. The predicted octanol–water partition coefficient (Wildman–Crippen LogP) is -14.3. The van der Waals surface area contributed by atoms with Crippen molar-refractivity contribution in [2.24, 2.45) is 0 Å². The van der Waals surface area contributed by atoms with Gasteiger partial charge in [0, 0.05) is 0 Å². The zero-order valence-corrected chi connectivity index (χ0v) is 21.0. The Labute approximate surface area is 246 Å². The zero-order valence-electron chi connectivity index (χ0n) is 7.73. The molecule has 0 spiro atoms. The van der Waals surface area contributed by atoms with Crippen molar-refractivity contribution in [3.05, 3.63) is 0 Å². The van der Waals surface area contributed by atoms with E-state index in [1.54, 1.807) is 0 Å². The van der Waals surface area contributed by atoms with Gasteiger partial charge in [-0.2, -0.15) is 0 Å². The van der Waals surface area contributed by atoms with Crippen LogP contribution in [-0.2, 0) is 54.4 Å². The Morgan fingerprint density at radius 2 is 0.263 bits per heavy atom. The predicted molar refractivity (Wildman–Crippen MR) is 0 cm³/mol. The van der Waals surface area contributed by atoms with E-state index in [-0.39, 0.29) is 154 Å². The maximum absolute atomic E-state index is 8.62. The van der Waals surface area contributed by atoms with Gasteiger partial charge in [-0.3, -0.25) is 0 Å². The molecule has 0 aromatic carbocycles. The molecule has 0 unspecified atom stereocenters.